The molecule has 0 atom stereocenters. The molecule has 186 valence electrons. The van der Waals surface area contributed by atoms with Gasteiger partial charge in [0.1, 0.15) is 21.6 Å². The second-order valence-corrected chi connectivity index (χ2v) is 10.5. The van der Waals surface area contributed by atoms with Crippen molar-refractivity contribution in [2.24, 2.45) is 0 Å². The molecule has 0 spiro atoms. The molecule has 3 aromatic rings. The van der Waals surface area contributed by atoms with Crippen LogP contribution in [0.2, 0.25) is 0 Å². The van der Waals surface area contributed by atoms with Gasteiger partial charge >= 0.3 is 0 Å². The Morgan fingerprint density at radius 3 is 2.53 bits per heavy atom. The van der Waals surface area contributed by atoms with E-state index in [9.17, 15) is 14.0 Å². The molecule has 0 radical (unpaired) electrons. The highest BCUT2D eigenvalue weighted by Gasteiger charge is 2.32. The number of aryl methyl sites for hydroxylation is 1. The van der Waals surface area contributed by atoms with Crippen LogP contribution in [0, 0.1) is 12.7 Å². The molecule has 7 nitrogen and oxygen atoms in total. The Hall–Kier alpha value is -3.24. The van der Waals surface area contributed by atoms with Crippen LogP contribution in [-0.4, -0.2) is 57.2 Å². The molecule has 0 N–H and O–H groups in total. The molecule has 36 heavy (non-hydrogen) atoms. The van der Waals surface area contributed by atoms with E-state index in [0.29, 0.717) is 64.7 Å². The molecule has 2 saturated heterocycles. The Balaban J connectivity index is 1.55. The van der Waals surface area contributed by atoms with Crippen molar-refractivity contribution in [1.82, 2.24) is 14.3 Å². The van der Waals surface area contributed by atoms with Gasteiger partial charge < -0.3 is 9.80 Å². The number of carbonyl (C=O) groups is 1. The lowest BCUT2D eigenvalue weighted by atomic mass is 10.2. The Kier molecular flexibility index (Phi) is 6.81. The Morgan fingerprint density at radius 1 is 1.08 bits per heavy atom. The van der Waals surface area contributed by atoms with Crippen molar-refractivity contribution in [2.75, 3.05) is 42.5 Å². The van der Waals surface area contributed by atoms with E-state index >= 15 is 0 Å². The molecule has 1 aromatic carbocycles. The number of thioether (sulfide) groups is 1. The lowest BCUT2D eigenvalue weighted by molar-refractivity contribution is -0.122. The number of halogens is 1. The van der Waals surface area contributed by atoms with Gasteiger partial charge in [0.05, 0.1) is 16.2 Å². The van der Waals surface area contributed by atoms with E-state index in [1.807, 2.05) is 41.8 Å². The molecule has 2 fully saturated rings. The molecule has 2 aromatic heterocycles. The highest BCUT2D eigenvalue weighted by molar-refractivity contribution is 8.26. The zero-order valence-electron chi connectivity index (χ0n) is 20.1. The molecule has 0 bridgehead atoms. The standard InChI is InChI=1S/C26H26FN5O2S2/c1-3-10-32-25(34)21(36-26(32)35)16-18-23(28-22-17(2)7-6-11-31(22)24(18)33)30-14-12-29(13-15-30)20-9-5-4-8-19(20)27/h4-9,11,16H,3,10,12-15H2,1-2H3/b21-16-. The summed E-state index contributed by atoms with van der Waals surface area (Å²) in [5.74, 6) is 0.0950. The molecule has 5 rings (SSSR count). The van der Waals surface area contributed by atoms with Crippen molar-refractivity contribution in [3.8, 4) is 0 Å². The van der Waals surface area contributed by atoms with Crippen molar-refractivity contribution >= 4 is 57.4 Å². The molecule has 0 aliphatic carbocycles. The van der Waals surface area contributed by atoms with Crippen LogP contribution in [-0.2, 0) is 4.79 Å². The molecule has 2 aliphatic rings. The number of nitrogens with zero attached hydrogens (tertiary/aromatic N) is 5. The van der Waals surface area contributed by atoms with Crippen LogP contribution < -0.4 is 15.4 Å². The number of piperazine rings is 1. The summed E-state index contributed by atoms with van der Waals surface area (Å²) in [4.78, 5) is 37.7. The van der Waals surface area contributed by atoms with Crippen LogP contribution in [0.1, 0.15) is 24.5 Å². The highest BCUT2D eigenvalue weighted by Crippen LogP contribution is 2.34. The second-order valence-electron chi connectivity index (χ2n) is 8.80. The second kappa shape index (κ2) is 10.0. The van der Waals surface area contributed by atoms with Crippen molar-refractivity contribution in [3.63, 3.8) is 0 Å². The van der Waals surface area contributed by atoms with E-state index in [4.69, 9.17) is 17.2 Å². The van der Waals surface area contributed by atoms with Crippen LogP contribution in [0.25, 0.3) is 11.7 Å². The van der Waals surface area contributed by atoms with E-state index in [1.54, 1.807) is 29.3 Å². The van der Waals surface area contributed by atoms with Crippen LogP contribution >= 0.6 is 24.0 Å². The number of anilines is 2. The van der Waals surface area contributed by atoms with E-state index in [2.05, 4.69) is 0 Å². The van der Waals surface area contributed by atoms with E-state index < -0.39 is 0 Å². The first-order valence-corrected chi connectivity index (χ1v) is 13.1. The van der Waals surface area contributed by atoms with Crippen LogP contribution in [0.4, 0.5) is 15.9 Å². The number of thiocarbonyl (C=S) groups is 1. The summed E-state index contributed by atoms with van der Waals surface area (Å²) >= 11 is 6.63. The Bertz CT molecular complexity index is 1450. The van der Waals surface area contributed by atoms with Gasteiger partial charge in [-0.1, -0.05) is 49.1 Å². The Morgan fingerprint density at radius 2 is 1.81 bits per heavy atom. The molecule has 0 saturated carbocycles. The fraction of sp³-hybridized carbons (Fsp3) is 0.308. The normalized spacial score (nSPS) is 17.6. The summed E-state index contributed by atoms with van der Waals surface area (Å²) in [7, 11) is 0. The summed E-state index contributed by atoms with van der Waals surface area (Å²) in [5.41, 5.74) is 2.14. The predicted octanol–water partition coefficient (Wildman–Crippen LogP) is 4.08. The minimum atomic E-state index is -0.251. The van der Waals surface area contributed by atoms with Gasteiger partial charge in [0.15, 0.2) is 0 Å². The fourth-order valence-electron chi connectivity index (χ4n) is 4.58. The molecule has 0 unspecified atom stereocenters. The number of pyridine rings is 1. The quantitative estimate of drug-likeness (QED) is 0.369. The first kappa shape index (κ1) is 24.5. The van der Waals surface area contributed by atoms with Gasteiger partial charge in [0.2, 0.25) is 0 Å². The van der Waals surface area contributed by atoms with Gasteiger partial charge in [-0.15, -0.1) is 0 Å². The summed E-state index contributed by atoms with van der Waals surface area (Å²) in [6.45, 7) is 6.71. The maximum absolute atomic E-state index is 14.3. The third-order valence-electron chi connectivity index (χ3n) is 6.43. The van der Waals surface area contributed by atoms with Gasteiger partial charge in [0, 0.05) is 38.9 Å². The van der Waals surface area contributed by atoms with Crippen LogP contribution in [0.15, 0.2) is 52.3 Å². The number of hydrogen-bond acceptors (Lipinski definition) is 7. The molecular weight excluding hydrogens is 497 g/mol. The summed E-state index contributed by atoms with van der Waals surface area (Å²) < 4.78 is 16.4. The van der Waals surface area contributed by atoms with Gasteiger partial charge in [-0.2, -0.15) is 0 Å². The monoisotopic (exact) mass is 523 g/mol. The number of fused-ring (bicyclic) bond motifs is 1. The number of aromatic nitrogens is 2. The minimum Gasteiger partial charge on any atom is -0.366 e. The number of carbonyl (C=O) groups excluding carboxylic acids is 1. The first-order chi connectivity index (χ1) is 17.4. The lowest BCUT2D eigenvalue weighted by Crippen LogP contribution is -2.47. The summed E-state index contributed by atoms with van der Waals surface area (Å²) in [6.07, 6.45) is 4.12. The number of benzene rings is 1. The lowest BCUT2D eigenvalue weighted by Gasteiger charge is -2.37. The average Bonchev–Trinajstić information content (AvgIpc) is 3.14. The van der Waals surface area contributed by atoms with Gasteiger partial charge in [-0.3, -0.25) is 18.9 Å². The minimum absolute atomic E-state index is 0.184. The maximum atomic E-state index is 14.3. The van der Waals surface area contributed by atoms with Gasteiger partial charge in [-0.05, 0) is 43.2 Å². The summed E-state index contributed by atoms with van der Waals surface area (Å²) in [5, 5.41) is 0. The SMILES string of the molecule is CCCN1C(=O)/C(=C/c2c(N3CCN(c4ccccc4F)CC3)nc3c(C)cccn3c2=O)SC1=S. The summed E-state index contributed by atoms with van der Waals surface area (Å²) in [6, 6.07) is 10.5. The fourth-order valence-corrected chi connectivity index (χ4v) is 5.87. The van der Waals surface area contributed by atoms with Gasteiger partial charge in [-0.25, -0.2) is 9.37 Å². The third-order valence-corrected chi connectivity index (χ3v) is 7.81. The first-order valence-electron chi connectivity index (χ1n) is 11.9. The topological polar surface area (TPSA) is 61.2 Å². The molecule has 1 amide bonds. The number of rotatable bonds is 5. The van der Waals surface area contributed by atoms with Crippen LogP contribution in [0.5, 0.6) is 0 Å². The van der Waals surface area contributed by atoms with E-state index in [-0.39, 0.29) is 17.3 Å². The van der Waals surface area contributed by atoms with Crippen molar-refractivity contribution < 1.29 is 9.18 Å². The average molecular weight is 524 g/mol. The van der Waals surface area contributed by atoms with E-state index in [0.717, 1.165) is 12.0 Å². The third kappa shape index (κ3) is 4.39. The van der Waals surface area contributed by atoms with Crippen molar-refractivity contribution in [1.29, 1.82) is 0 Å². The Labute approximate surface area is 218 Å². The van der Waals surface area contributed by atoms with Crippen molar-refractivity contribution in [3.05, 3.63) is 74.8 Å². The number of para-hydroxylation sites is 1. The molecule has 10 heteroatoms. The zero-order valence-corrected chi connectivity index (χ0v) is 21.7. The molecular formula is C26H26FN5O2S2. The number of amides is 1. The molecule has 4 heterocycles. The van der Waals surface area contributed by atoms with Crippen LogP contribution in [0.3, 0.4) is 0 Å². The van der Waals surface area contributed by atoms with Gasteiger partial charge in [0.25, 0.3) is 11.5 Å². The molecule has 2 aliphatic heterocycles. The largest absolute Gasteiger partial charge is 0.366 e. The van der Waals surface area contributed by atoms with Crippen molar-refractivity contribution in [2.45, 2.75) is 20.3 Å². The predicted molar refractivity (Wildman–Crippen MR) is 147 cm³/mol. The highest BCUT2D eigenvalue weighted by atomic mass is 32.2. The van der Waals surface area contributed by atoms with E-state index in [1.165, 1.54) is 22.2 Å². The maximum Gasteiger partial charge on any atom is 0.267 e. The number of hydrogen-bond donors (Lipinski definition) is 0. The zero-order chi connectivity index (χ0) is 25.4. The smallest absolute Gasteiger partial charge is 0.267 e.